The number of halogens is 2. The maximum absolute atomic E-state index is 11.2. The van der Waals surface area contributed by atoms with Gasteiger partial charge < -0.3 is 9.88 Å². The first-order valence-electron chi connectivity index (χ1n) is 6.43. The topological polar surface area (TPSA) is 72.7 Å². The van der Waals surface area contributed by atoms with Crippen LogP contribution in [0.4, 0.5) is 5.69 Å². The zero-order valence-electron chi connectivity index (χ0n) is 11.3. The van der Waals surface area contributed by atoms with E-state index in [2.05, 4.69) is 20.3 Å². The molecule has 0 aliphatic heterocycles. The minimum Gasteiger partial charge on any atom is -0.325 e. The fraction of sp³-hybridized carbons (Fsp3) is 0.143. The summed E-state index contributed by atoms with van der Waals surface area (Å²) in [4.78, 5) is 23.5. The first-order chi connectivity index (χ1) is 10.7. The lowest BCUT2D eigenvalue weighted by Gasteiger charge is -2.06. The van der Waals surface area contributed by atoms with Crippen molar-refractivity contribution in [2.24, 2.45) is 0 Å². The van der Waals surface area contributed by atoms with E-state index in [1.807, 2.05) is 28.8 Å². The molecule has 0 fully saturated rings. The van der Waals surface area contributed by atoms with Crippen LogP contribution in [0.25, 0.3) is 11.2 Å². The molecule has 22 heavy (non-hydrogen) atoms. The quantitative estimate of drug-likeness (QED) is 0.587. The second-order valence-electron chi connectivity index (χ2n) is 4.59. The predicted octanol–water partition coefficient (Wildman–Crippen LogP) is 2.71. The summed E-state index contributed by atoms with van der Waals surface area (Å²) in [6.45, 7) is 0.591. The van der Waals surface area contributed by atoms with Gasteiger partial charge in [-0.3, -0.25) is 4.79 Å². The highest BCUT2D eigenvalue weighted by molar-refractivity contribution is 6.33. The van der Waals surface area contributed by atoms with Crippen LogP contribution in [0.1, 0.15) is 5.56 Å². The number of nitrogens with one attached hydrogen (secondary N) is 1. The number of alkyl halides is 1. The number of carbonyl (C=O) groups is 1. The van der Waals surface area contributed by atoms with Crippen LogP contribution < -0.4 is 5.32 Å². The molecular formula is C14H11Cl2N5O. The molecule has 1 amide bonds. The summed E-state index contributed by atoms with van der Waals surface area (Å²) >= 11 is 11.4. The lowest BCUT2D eigenvalue weighted by atomic mass is 10.2. The number of nitrogens with zero attached hydrogens (tertiary/aromatic N) is 4. The molecule has 0 radical (unpaired) electrons. The minimum atomic E-state index is -0.235. The van der Waals surface area contributed by atoms with Crippen LogP contribution >= 0.6 is 23.2 Å². The third-order valence-electron chi connectivity index (χ3n) is 3.07. The highest BCUT2D eigenvalue weighted by Crippen LogP contribution is 2.18. The maximum atomic E-state index is 11.2. The number of carbonyl (C=O) groups excluding carboxylic acids is 1. The van der Waals surface area contributed by atoms with Gasteiger partial charge in [-0.25, -0.2) is 15.0 Å². The van der Waals surface area contributed by atoms with Crippen LogP contribution in [-0.2, 0) is 11.3 Å². The number of imidazole rings is 1. The molecule has 1 N–H and O–H groups in total. The van der Waals surface area contributed by atoms with Crippen molar-refractivity contribution in [1.29, 1.82) is 0 Å². The van der Waals surface area contributed by atoms with Crippen molar-refractivity contribution < 1.29 is 4.79 Å². The molecule has 8 heteroatoms. The zero-order chi connectivity index (χ0) is 15.5. The largest absolute Gasteiger partial charge is 0.325 e. The number of hydrogen-bond donors (Lipinski definition) is 1. The number of amides is 1. The second-order valence-corrected chi connectivity index (χ2v) is 5.21. The van der Waals surface area contributed by atoms with E-state index in [0.29, 0.717) is 28.5 Å². The fourth-order valence-corrected chi connectivity index (χ4v) is 2.30. The van der Waals surface area contributed by atoms with E-state index in [9.17, 15) is 4.79 Å². The Morgan fingerprint density at radius 3 is 2.68 bits per heavy atom. The molecule has 112 valence electrons. The average molecular weight is 336 g/mol. The molecule has 0 spiro atoms. The SMILES string of the molecule is O=C(CCl)Nc1ccc(Cn2cnc3c(Cl)ncnc32)cc1. The highest BCUT2D eigenvalue weighted by Gasteiger charge is 2.08. The number of benzene rings is 1. The molecule has 0 unspecified atom stereocenters. The van der Waals surface area contributed by atoms with E-state index in [1.165, 1.54) is 6.33 Å². The Labute approximate surface area is 136 Å². The van der Waals surface area contributed by atoms with Crippen molar-refractivity contribution in [2.75, 3.05) is 11.2 Å². The van der Waals surface area contributed by atoms with Crippen molar-refractivity contribution in [3.05, 3.63) is 47.6 Å². The first-order valence-corrected chi connectivity index (χ1v) is 7.34. The van der Waals surface area contributed by atoms with Gasteiger partial charge in [0.05, 0.1) is 12.9 Å². The van der Waals surface area contributed by atoms with Crippen LogP contribution in [0.5, 0.6) is 0 Å². The predicted molar refractivity (Wildman–Crippen MR) is 85.2 cm³/mol. The molecule has 0 aliphatic rings. The van der Waals surface area contributed by atoms with E-state index >= 15 is 0 Å². The van der Waals surface area contributed by atoms with Crippen LogP contribution in [0.3, 0.4) is 0 Å². The van der Waals surface area contributed by atoms with Gasteiger partial charge in [0.15, 0.2) is 10.8 Å². The molecule has 1 aromatic carbocycles. The molecule has 0 saturated heterocycles. The third kappa shape index (κ3) is 3.03. The molecule has 0 saturated carbocycles. The van der Waals surface area contributed by atoms with E-state index in [4.69, 9.17) is 23.2 Å². The zero-order valence-corrected chi connectivity index (χ0v) is 12.8. The number of hydrogen-bond acceptors (Lipinski definition) is 4. The number of aromatic nitrogens is 4. The Hall–Kier alpha value is -2.18. The van der Waals surface area contributed by atoms with Gasteiger partial charge in [0.25, 0.3) is 0 Å². The molecule has 0 atom stereocenters. The molecule has 6 nitrogen and oxygen atoms in total. The Balaban J connectivity index is 1.80. The number of fused-ring (bicyclic) bond motifs is 1. The lowest BCUT2D eigenvalue weighted by molar-refractivity contribution is -0.113. The number of anilines is 1. The minimum absolute atomic E-state index is 0.0662. The van der Waals surface area contributed by atoms with Crippen molar-refractivity contribution in [1.82, 2.24) is 19.5 Å². The van der Waals surface area contributed by atoms with E-state index in [-0.39, 0.29) is 11.8 Å². The van der Waals surface area contributed by atoms with E-state index in [1.54, 1.807) is 6.33 Å². The van der Waals surface area contributed by atoms with Gasteiger partial charge in [-0.1, -0.05) is 23.7 Å². The Bertz CT molecular complexity index is 816. The summed E-state index contributed by atoms with van der Waals surface area (Å²) in [5, 5.41) is 3.02. The standard InChI is InChI=1S/C14H11Cl2N5O/c15-5-11(22)20-10-3-1-9(2-4-10)6-21-8-19-12-13(16)17-7-18-14(12)21/h1-4,7-8H,5-6H2,(H,20,22). The van der Waals surface area contributed by atoms with Crippen molar-refractivity contribution in [3.63, 3.8) is 0 Å². The van der Waals surface area contributed by atoms with Gasteiger partial charge in [-0.05, 0) is 17.7 Å². The van der Waals surface area contributed by atoms with Crippen molar-refractivity contribution in [2.45, 2.75) is 6.54 Å². The lowest BCUT2D eigenvalue weighted by Crippen LogP contribution is -2.12. The first kappa shape index (κ1) is 14.7. The third-order valence-corrected chi connectivity index (χ3v) is 3.59. The monoisotopic (exact) mass is 335 g/mol. The summed E-state index contributed by atoms with van der Waals surface area (Å²) < 4.78 is 1.88. The average Bonchev–Trinajstić information content (AvgIpc) is 2.94. The van der Waals surface area contributed by atoms with Gasteiger partial charge in [0.2, 0.25) is 5.91 Å². The number of rotatable bonds is 4. The van der Waals surface area contributed by atoms with E-state index in [0.717, 1.165) is 5.56 Å². The Kier molecular flexibility index (Phi) is 4.22. The molecule has 2 heterocycles. The van der Waals surface area contributed by atoms with Crippen LogP contribution in [0, 0.1) is 0 Å². The highest BCUT2D eigenvalue weighted by atomic mass is 35.5. The Morgan fingerprint density at radius 1 is 1.18 bits per heavy atom. The van der Waals surface area contributed by atoms with Crippen LogP contribution in [-0.4, -0.2) is 31.3 Å². The smallest absolute Gasteiger partial charge is 0.239 e. The molecule has 0 bridgehead atoms. The Morgan fingerprint density at radius 2 is 1.95 bits per heavy atom. The summed E-state index contributed by atoms with van der Waals surface area (Å²) in [7, 11) is 0. The summed E-state index contributed by atoms with van der Waals surface area (Å²) in [5.74, 6) is -0.301. The normalized spacial score (nSPS) is 10.8. The van der Waals surface area contributed by atoms with Crippen molar-refractivity contribution >= 4 is 46.0 Å². The molecule has 0 aliphatic carbocycles. The van der Waals surface area contributed by atoms with Gasteiger partial charge in [-0.15, -0.1) is 11.6 Å². The molecule has 3 rings (SSSR count). The van der Waals surface area contributed by atoms with Gasteiger partial charge >= 0.3 is 0 Å². The molecule has 3 aromatic rings. The van der Waals surface area contributed by atoms with Crippen LogP contribution in [0.15, 0.2) is 36.9 Å². The van der Waals surface area contributed by atoms with Gasteiger partial charge in [0, 0.05) is 5.69 Å². The van der Waals surface area contributed by atoms with Gasteiger partial charge in [-0.2, -0.15) is 0 Å². The molecular weight excluding hydrogens is 325 g/mol. The molecule has 2 aromatic heterocycles. The maximum Gasteiger partial charge on any atom is 0.239 e. The fourth-order valence-electron chi connectivity index (χ4n) is 2.05. The van der Waals surface area contributed by atoms with Gasteiger partial charge in [0.1, 0.15) is 17.7 Å². The van der Waals surface area contributed by atoms with Crippen molar-refractivity contribution in [3.8, 4) is 0 Å². The summed E-state index contributed by atoms with van der Waals surface area (Å²) in [6.07, 6.45) is 3.09. The summed E-state index contributed by atoms with van der Waals surface area (Å²) in [6, 6.07) is 7.47. The summed E-state index contributed by atoms with van der Waals surface area (Å²) in [5.41, 5.74) is 3.00. The van der Waals surface area contributed by atoms with E-state index < -0.39 is 0 Å². The second kappa shape index (κ2) is 6.29. The van der Waals surface area contributed by atoms with Crippen LogP contribution in [0.2, 0.25) is 5.15 Å².